The fourth-order valence-corrected chi connectivity index (χ4v) is 3.06. The lowest BCUT2D eigenvalue weighted by Gasteiger charge is -2.34. The first-order valence-corrected chi connectivity index (χ1v) is 8.92. The highest BCUT2D eigenvalue weighted by molar-refractivity contribution is 5.87. The van der Waals surface area contributed by atoms with Gasteiger partial charge >= 0.3 is 5.97 Å². The van der Waals surface area contributed by atoms with Gasteiger partial charge in [-0.25, -0.2) is 0 Å². The van der Waals surface area contributed by atoms with Crippen LogP contribution in [0.25, 0.3) is 0 Å². The third-order valence-electron chi connectivity index (χ3n) is 4.27. The van der Waals surface area contributed by atoms with E-state index in [2.05, 4.69) is 18.0 Å². The van der Waals surface area contributed by atoms with Crippen molar-refractivity contribution in [1.82, 2.24) is 10.2 Å². The van der Waals surface area contributed by atoms with E-state index in [4.69, 9.17) is 9.47 Å². The SMILES string of the molecule is C=CCc1cc(CN2CCNC(=O)C2CC(=O)OC)ccc1OC(C)C. The second kappa shape index (κ2) is 9.38. The lowest BCUT2D eigenvalue weighted by molar-refractivity contribution is -0.146. The number of carbonyl (C=O) groups is 2. The zero-order valence-electron chi connectivity index (χ0n) is 15.8. The molecular weight excluding hydrogens is 332 g/mol. The van der Waals surface area contributed by atoms with Crippen molar-refractivity contribution < 1.29 is 19.1 Å². The molecule has 0 saturated carbocycles. The highest BCUT2D eigenvalue weighted by Crippen LogP contribution is 2.24. The van der Waals surface area contributed by atoms with Crippen molar-refractivity contribution in [3.8, 4) is 5.75 Å². The normalized spacial score (nSPS) is 17.7. The molecule has 1 aromatic rings. The minimum absolute atomic E-state index is 0.0520. The number of nitrogens with zero attached hydrogens (tertiary/aromatic N) is 1. The number of hydrogen-bond acceptors (Lipinski definition) is 5. The summed E-state index contributed by atoms with van der Waals surface area (Å²) >= 11 is 0. The van der Waals surface area contributed by atoms with E-state index in [-0.39, 0.29) is 24.4 Å². The second-order valence-corrected chi connectivity index (χ2v) is 6.66. The summed E-state index contributed by atoms with van der Waals surface area (Å²) in [4.78, 5) is 25.9. The summed E-state index contributed by atoms with van der Waals surface area (Å²) in [6.07, 6.45) is 2.71. The molecule has 1 N–H and O–H groups in total. The van der Waals surface area contributed by atoms with E-state index in [9.17, 15) is 9.59 Å². The van der Waals surface area contributed by atoms with Crippen molar-refractivity contribution in [2.45, 2.75) is 45.4 Å². The average molecular weight is 360 g/mol. The minimum Gasteiger partial charge on any atom is -0.491 e. The lowest BCUT2D eigenvalue weighted by Crippen LogP contribution is -2.55. The predicted molar refractivity (Wildman–Crippen MR) is 99.9 cm³/mol. The lowest BCUT2D eigenvalue weighted by atomic mass is 10.0. The highest BCUT2D eigenvalue weighted by atomic mass is 16.5. The van der Waals surface area contributed by atoms with Crippen LogP contribution in [0.5, 0.6) is 5.75 Å². The van der Waals surface area contributed by atoms with Gasteiger partial charge in [0.15, 0.2) is 0 Å². The van der Waals surface area contributed by atoms with E-state index in [0.29, 0.717) is 26.1 Å². The van der Waals surface area contributed by atoms with Gasteiger partial charge in [0.25, 0.3) is 0 Å². The summed E-state index contributed by atoms with van der Waals surface area (Å²) in [5.74, 6) is 0.337. The molecule has 1 heterocycles. The molecule has 2 rings (SSSR count). The minimum atomic E-state index is -0.509. The van der Waals surface area contributed by atoms with Gasteiger partial charge in [0, 0.05) is 19.6 Å². The number of nitrogens with one attached hydrogen (secondary N) is 1. The van der Waals surface area contributed by atoms with Crippen LogP contribution >= 0.6 is 0 Å². The van der Waals surface area contributed by atoms with Crippen molar-refractivity contribution in [1.29, 1.82) is 0 Å². The van der Waals surface area contributed by atoms with Crippen LogP contribution in [0.4, 0.5) is 0 Å². The Bertz CT molecular complexity index is 657. The molecule has 0 spiro atoms. The molecule has 1 unspecified atom stereocenters. The molecule has 1 saturated heterocycles. The van der Waals surface area contributed by atoms with Crippen LogP contribution in [0, 0.1) is 0 Å². The summed E-state index contributed by atoms with van der Waals surface area (Å²) in [5, 5.41) is 2.82. The van der Waals surface area contributed by atoms with E-state index < -0.39 is 6.04 Å². The molecule has 1 aliphatic rings. The Morgan fingerprint density at radius 1 is 1.46 bits per heavy atom. The maximum atomic E-state index is 12.2. The van der Waals surface area contributed by atoms with Gasteiger partial charge in [0.1, 0.15) is 11.8 Å². The molecule has 142 valence electrons. The van der Waals surface area contributed by atoms with E-state index in [1.807, 2.05) is 37.0 Å². The first kappa shape index (κ1) is 20.0. The first-order valence-electron chi connectivity index (χ1n) is 8.92. The van der Waals surface area contributed by atoms with Gasteiger partial charge < -0.3 is 14.8 Å². The first-order chi connectivity index (χ1) is 12.4. The molecule has 6 heteroatoms. The summed E-state index contributed by atoms with van der Waals surface area (Å²) in [6, 6.07) is 5.55. The summed E-state index contributed by atoms with van der Waals surface area (Å²) < 4.78 is 10.6. The number of amides is 1. The maximum absolute atomic E-state index is 12.2. The number of ether oxygens (including phenoxy) is 2. The molecule has 1 aliphatic heterocycles. The number of methoxy groups -OCH3 is 1. The van der Waals surface area contributed by atoms with Gasteiger partial charge in [-0.15, -0.1) is 6.58 Å². The van der Waals surface area contributed by atoms with E-state index >= 15 is 0 Å². The van der Waals surface area contributed by atoms with Gasteiger partial charge in [-0.2, -0.15) is 0 Å². The molecule has 0 aromatic heterocycles. The van der Waals surface area contributed by atoms with Crippen LogP contribution < -0.4 is 10.1 Å². The van der Waals surface area contributed by atoms with Crippen molar-refractivity contribution in [2.75, 3.05) is 20.2 Å². The Morgan fingerprint density at radius 2 is 2.23 bits per heavy atom. The van der Waals surface area contributed by atoms with Crippen molar-refractivity contribution in [3.63, 3.8) is 0 Å². The van der Waals surface area contributed by atoms with Crippen LogP contribution in [0.15, 0.2) is 30.9 Å². The van der Waals surface area contributed by atoms with Crippen LogP contribution in [-0.4, -0.2) is 49.1 Å². The largest absolute Gasteiger partial charge is 0.491 e. The predicted octanol–water partition coefficient (Wildman–Crippen LogP) is 2.07. The van der Waals surface area contributed by atoms with Crippen LogP contribution in [0.2, 0.25) is 0 Å². The van der Waals surface area contributed by atoms with Gasteiger partial charge in [-0.3, -0.25) is 14.5 Å². The Morgan fingerprint density at radius 3 is 2.88 bits per heavy atom. The smallest absolute Gasteiger partial charge is 0.307 e. The number of esters is 1. The number of benzene rings is 1. The molecule has 0 bridgehead atoms. The van der Waals surface area contributed by atoms with E-state index in [1.54, 1.807) is 0 Å². The zero-order chi connectivity index (χ0) is 19.1. The maximum Gasteiger partial charge on any atom is 0.307 e. The van der Waals surface area contributed by atoms with Gasteiger partial charge in [0.05, 0.1) is 19.6 Å². The molecule has 0 radical (unpaired) electrons. The molecule has 1 fully saturated rings. The van der Waals surface area contributed by atoms with Crippen LogP contribution in [0.3, 0.4) is 0 Å². The van der Waals surface area contributed by atoms with Gasteiger partial charge in [-0.05, 0) is 37.5 Å². The van der Waals surface area contributed by atoms with Gasteiger partial charge in [-0.1, -0.05) is 18.2 Å². The number of piperazine rings is 1. The monoisotopic (exact) mass is 360 g/mol. The van der Waals surface area contributed by atoms with Crippen LogP contribution in [-0.2, 0) is 27.3 Å². The highest BCUT2D eigenvalue weighted by Gasteiger charge is 2.32. The van der Waals surface area contributed by atoms with Gasteiger partial charge in [0.2, 0.25) is 5.91 Å². The van der Waals surface area contributed by atoms with Crippen LogP contribution in [0.1, 0.15) is 31.4 Å². The van der Waals surface area contributed by atoms with E-state index in [0.717, 1.165) is 16.9 Å². The van der Waals surface area contributed by atoms with Crippen molar-refractivity contribution in [3.05, 3.63) is 42.0 Å². The Kier molecular flexibility index (Phi) is 7.21. The zero-order valence-corrected chi connectivity index (χ0v) is 15.8. The molecule has 1 aromatic carbocycles. The Hall–Kier alpha value is -2.34. The average Bonchev–Trinajstić information content (AvgIpc) is 2.60. The van der Waals surface area contributed by atoms with Crippen molar-refractivity contribution >= 4 is 11.9 Å². The molecule has 1 amide bonds. The number of allylic oxidation sites excluding steroid dienone is 1. The summed E-state index contributed by atoms with van der Waals surface area (Å²) in [5.41, 5.74) is 2.14. The topological polar surface area (TPSA) is 67.9 Å². The Balaban J connectivity index is 2.18. The number of rotatable bonds is 8. The summed E-state index contributed by atoms with van der Waals surface area (Å²) in [7, 11) is 1.34. The fraction of sp³-hybridized carbons (Fsp3) is 0.500. The molecule has 1 atom stereocenters. The molecule has 26 heavy (non-hydrogen) atoms. The van der Waals surface area contributed by atoms with Crippen molar-refractivity contribution in [2.24, 2.45) is 0 Å². The van der Waals surface area contributed by atoms with E-state index in [1.165, 1.54) is 7.11 Å². The Labute approximate surface area is 155 Å². The third-order valence-corrected chi connectivity index (χ3v) is 4.27. The quantitative estimate of drug-likeness (QED) is 0.568. The fourth-order valence-electron chi connectivity index (χ4n) is 3.06. The number of hydrogen-bond donors (Lipinski definition) is 1. The summed E-state index contributed by atoms with van der Waals surface area (Å²) in [6.45, 7) is 9.65. The molecular formula is C20H28N2O4. The third kappa shape index (κ3) is 5.33. The standard InChI is InChI=1S/C20H28N2O4/c1-5-6-16-11-15(7-8-18(16)26-14(2)3)13-22-10-9-21-20(24)17(22)12-19(23)25-4/h5,7-8,11,14,17H,1,6,9-10,12-13H2,2-4H3,(H,21,24). The molecule has 6 nitrogen and oxygen atoms in total. The number of carbonyl (C=O) groups excluding carboxylic acids is 2. The molecule has 0 aliphatic carbocycles. The second-order valence-electron chi connectivity index (χ2n) is 6.66.